The number of nitrogens with zero attached hydrogens (tertiary/aromatic N) is 6. The molecule has 5 N–H and O–H groups in total. The number of aromatic nitrogens is 4. The van der Waals surface area contributed by atoms with Crippen molar-refractivity contribution in [2.45, 2.75) is 24.5 Å². The molecule has 23 heavy (non-hydrogen) atoms. The van der Waals surface area contributed by atoms with Crippen LogP contribution in [-0.4, -0.2) is 73.1 Å². The Labute approximate surface area is 129 Å². The predicted octanol–water partition coefficient (Wildman–Crippen LogP) is -2.49. The summed E-state index contributed by atoms with van der Waals surface area (Å²) in [6.07, 6.45) is -2.63. The topological polar surface area (TPSA) is 155 Å². The molecule has 2 aliphatic heterocycles. The minimum atomic E-state index is -1.23. The van der Waals surface area contributed by atoms with Crippen LogP contribution in [0.5, 0.6) is 0 Å². The zero-order valence-electron chi connectivity index (χ0n) is 12.1. The Hall–Kier alpha value is -2.34. The number of hydrazone groups is 1. The van der Waals surface area contributed by atoms with Gasteiger partial charge < -0.3 is 30.4 Å². The van der Waals surface area contributed by atoms with Crippen molar-refractivity contribution in [2.75, 3.05) is 18.7 Å². The number of rotatable bonds is 2. The molecule has 0 unspecified atom stereocenters. The van der Waals surface area contributed by atoms with Gasteiger partial charge in [0.1, 0.15) is 18.3 Å². The monoisotopic (exact) mass is 321 g/mol. The summed E-state index contributed by atoms with van der Waals surface area (Å²) >= 11 is 0. The summed E-state index contributed by atoms with van der Waals surface area (Å²) in [7, 11) is 1.68. The van der Waals surface area contributed by atoms with Crippen molar-refractivity contribution in [1.29, 1.82) is 0 Å². The van der Waals surface area contributed by atoms with E-state index in [2.05, 4.69) is 20.5 Å². The van der Waals surface area contributed by atoms with Crippen molar-refractivity contribution in [3.8, 4) is 0 Å². The number of amidine groups is 1. The van der Waals surface area contributed by atoms with Gasteiger partial charge in [0.2, 0.25) is 0 Å². The van der Waals surface area contributed by atoms with E-state index in [1.165, 1.54) is 9.58 Å². The lowest BCUT2D eigenvalue weighted by Crippen LogP contribution is -2.33. The lowest BCUT2D eigenvalue weighted by molar-refractivity contribution is -0.0509. The van der Waals surface area contributed by atoms with Crippen molar-refractivity contribution < 1.29 is 20.1 Å². The van der Waals surface area contributed by atoms with Crippen molar-refractivity contribution in [3.05, 3.63) is 11.8 Å². The van der Waals surface area contributed by atoms with Crippen LogP contribution in [0.1, 0.15) is 11.8 Å². The normalized spacial score (nSPS) is 30.1. The van der Waals surface area contributed by atoms with Crippen LogP contribution in [0.2, 0.25) is 0 Å². The zero-order chi connectivity index (χ0) is 16.3. The third-order valence-electron chi connectivity index (χ3n) is 4.14. The van der Waals surface area contributed by atoms with E-state index in [4.69, 9.17) is 10.5 Å². The number of hydrogen-bond donors (Lipinski definition) is 4. The highest BCUT2D eigenvalue weighted by Crippen LogP contribution is 2.36. The molecule has 4 heterocycles. The van der Waals surface area contributed by atoms with Crippen LogP contribution in [0.25, 0.3) is 11.0 Å². The van der Waals surface area contributed by atoms with Crippen LogP contribution in [-0.2, 0) is 4.74 Å². The molecule has 11 heteroatoms. The van der Waals surface area contributed by atoms with E-state index in [9.17, 15) is 15.3 Å². The van der Waals surface area contributed by atoms with Gasteiger partial charge >= 0.3 is 0 Å². The van der Waals surface area contributed by atoms with E-state index in [0.717, 1.165) is 0 Å². The van der Waals surface area contributed by atoms with E-state index in [1.54, 1.807) is 13.2 Å². The van der Waals surface area contributed by atoms with Gasteiger partial charge in [-0.05, 0) is 5.21 Å². The molecule has 0 bridgehead atoms. The Morgan fingerprint density at radius 2 is 2.09 bits per heavy atom. The standard InChI is InChI=1S/C12H15N7O4/c1-18-10-6-4(9(13)16-18)2-19(11(6)15-17-14-10)12-8(22)7(21)5(3-20)23-12/h2,5,7-8,12,20-22H,3H2,1H3,(H2,13,16)/t5-,7-,8-,12-/m1/s1. The fourth-order valence-electron chi connectivity index (χ4n) is 2.98. The molecule has 0 aliphatic carbocycles. The molecule has 2 aliphatic rings. The number of aliphatic hydroxyl groups excluding tert-OH is 3. The van der Waals surface area contributed by atoms with Gasteiger partial charge in [-0.2, -0.15) is 5.10 Å². The fourth-order valence-corrected chi connectivity index (χ4v) is 2.98. The summed E-state index contributed by atoms with van der Waals surface area (Å²) < 4.78 is 7.06. The first-order valence-electron chi connectivity index (χ1n) is 6.97. The fraction of sp³-hybridized carbons (Fsp3) is 0.500. The average Bonchev–Trinajstić information content (AvgIpc) is 3.05. The second-order valence-electron chi connectivity index (χ2n) is 5.50. The number of hydrogen-bond acceptors (Lipinski definition) is 10. The molecule has 2 aromatic rings. The summed E-state index contributed by atoms with van der Waals surface area (Å²) in [5.41, 5.74) is 6.93. The largest absolute Gasteiger partial charge is 0.394 e. The zero-order valence-corrected chi connectivity index (χ0v) is 12.1. The molecule has 0 saturated carbocycles. The first-order chi connectivity index (χ1) is 11.0. The predicted molar refractivity (Wildman–Crippen MR) is 77.5 cm³/mol. The molecule has 0 aromatic carbocycles. The molecule has 122 valence electrons. The second-order valence-corrected chi connectivity index (χ2v) is 5.50. The molecule has 4 atom stereocenters. The quantitative estimate of drug-likeness (QED) is 0.470. The van der Waals surface area contributed by atoms with E-state index in [-0.39, 0.29) is 5.84 Å². The minimum Gasteiger partial charge on any atom is -0.394 e. The smallest absolute Gasteiger partial charge is 0.184 e. The number of anilines is 1. The summed E-state index contributed by atoms with van der Waals surface area (Å²) in [5.74, 6) is 0.745. The lowest BCUT2D eigenvalue weighted by atomic mass is 10.1. The Morgan fingerprint density at radius 1 is 1.30 bits per heavy atom. The molecule has 0 radical (unpaired) electrons. The van der Waals surface area contributed by atoms with Gasteiger partial charge in [-0.25, -0.2) is 5.01 Å². The van der Waals surface area contributed by atoms with Crippen molar-refractivity contribution in [3.63, 3.8) is 0 Å². The molecule has 1 fully saturated rings. The van der Waals surface area contributed by atoms with Crippen molar-refractivity contribution in [1.82, 2.24) is 20.0 Å². The molecule has 2 aromatic heterocycles. The summed E-state index contributed by atoms with van der Waals surface area (Å²) in [4.78, 5) is 0. The van der Waals surface area contributed by atoms with E-state index in [0.29, 0.717) is 22.4 Å². The van der Waals surface area contributed by atoms with Crippen LogP contribution in [0, 0.1) is 0 Å². The highest BCUT2D eigenvalue weighted by atomic mass is 16.6. The lowest BCUT2D eigenvalue weighted by Gasteiger charge is -2.18. The Bertz CT molecular complexity index is 806. The maximum atomic E-state index is 10.2. The highest BCUT2D eigenvalue weighted by Gasteiger charge is 2.44. The van der Waals surface area contributed by atoms with Crippen molar-refractivity contribution in [2.24, 2.45) is 10.8 Å². The Morgan fingerprint density at radius 3 is 2.78 bits per heavy atom. The molecule has 4 rings (SSSR count). The van der Waals surface area contributed by atoms with Crippen LogP contribution < -0.4 is 10.7 Å². The first-order valence-corrected chi connectivity index (χ1v) is 6.97. The van der Waals surface area contributed by atoms with Crippen molar-refractivity contribution >= 4 is 22.7 Å². The van der Waals surface area contributed by atoms with Crippen LogP contribution in [0.15, 0.2) is 11.3 Å². The Kier molecular flexibility index (Phi) is 2.99. The highest BCUT2D eigenvalue weighted by molar-refractivity contribution is 6.13. The molecular formula is C12H15N7O4. The van der Waals surface area contributed by atoms with E-state index >= 15 is 0 Å². The van der Waals surface area contributed by atoms with Gasteiger partial charge in [0.05, 0.1) is 12.0 Å². The van der Waals surface area contributed by atoms with Crippen LogP contribution in [0.4, 0.5) is 5.82 Å². The summed E-state index contributed by atoms with van der Waals surface area (Å²) in [5, 5.41) is 47.3. The molecule has 0 amide bonds. The molecule has 0 spiro atoms. The Balaban J connectivity index is 1.89. The second kappa shape index (κ2) is 4.83. The van der Waals surface area contributed by atoms with Gasteiger partial charge in [-0.1, -0.05) is 0 Å². The third-order valence-corrected chi connectivity index (χ3v) is 4.14. The van der Waals surface area contributed by atoms with Crippen LogP contribution >= 0.6 is 0 Å². The maximum absolute atomic E-state index is 10.2. The number of ether oxygens (including phenoxy) is 1. The molecular weight excluding hydrogens is 306 g/mol. The number of nitrogens with two attached hydrogens (primary N) is 1. The molecule has 11 nitrogen and oxygen atoms in total. The van der Waals surface area contributed by atoms with Gasteiger partial charge in [-0.15, -0.1) is 10.2 Å². The summed E-state index contributed by atoms with van der Waals surface area (Å²) in [6.45, 7) is -0.411. The SMILES string of the molecule is CN1N=C(N)c2cn([C@@H]3O[C@H](CO)[C@@H](O)[C@H]3O)c3nnnc1c23. The maximum Gasteiger partial charge on any atom is 0.184 e. The van der Waals surface area contributed by atoms with Crippen LogP contribution in [0.3, 0.4) is 0 Å². The van der Waals surface area contributed by atoms with Gasteiger partial charge in [0, 0.05) is 18.8 Å². The van der Waals surface area contributed by atoms with Gasteiger partial charge in [0.25, 0.3) is 0 Å². The molecule has 1 saturated heterocycles. The minimum absolute atomic E-state index is 0.269. The average molecular weight is 321 g/mol. The summed E-state index contributed by atoms with van der Waals surface area (Å²) in [6, 6.07) is 0. The van der Waals surface area contributed by atoms with E-state index in [1.807, 2.05) is 0 Å². The van der Waals surface area contributed by atoms with E-state index < -0.39 is 31.1 Å². The third kappa shape index (κ3) is 1.84. The first kappa shape index (κ1) is 14.3. The van der Waals surface area contributed by atoms with Gasteiger partial charge in [-0.3, -0.25) is 0 Å². The number of aliphatic hydroxyl groups is 3. The van der Waals surface area contributed by atoms with Gasteiger partial charge in [0.15, 0.2) is 23.5 Å².